The molecular formula is C15H17FN2. The second-order valence-electron chi connectivity index (χ2n) is 5.13. The largest absolute Gasteiger partial charge is 0.398 e. The third kappa shape index (κ3) is 1.74. The molecule has 0 bridgehead atoms. The summed E-state index contributed by atoms with van der Waals surface area (Å²) in [6.07, 6.45) is 5.51. The van der Waals surface area contributed by atoms with Gasteiger partial charge in [-0.25, -0.2) is 4.39 Å². The van der Waals surface area contributed by atoms with E-state index in [0.717, 1.165) is 41.6 Å². The van der Waals surface area contributed by atoms with Crippen molar-refractivity contribution < 1.29 is 4.39 Å². The lowest BCUT2D eigenvalue weighted by molar-refractivity contribution is 0.628. The molecular weight excluding hydrogens is 227 g/mol. The van der Waals surface area contributed by atoms with Crippen LogP contribution in [0.25, 0.3) is 10.9 Å². The first-order valence-electron chi connectivity index (χ1n) is 6.54. The number of aromatic nitrogens is 1. The first-order valence-corrected chi connectivity index (χ1v) is 6.54. The zero-order valence-electron chi connectivity index (χ0n) is 10.6. The van der Waals surface area contributed by atoms with E-state index in [4.69, 9.17) is 5.73 Å². The van der Waals surface area contributed by atoms with Gasteiger partial charge in [-0.2, -0.15) is 0 Å². The Hall–Kier alpha value is -1.64. The fourth-order valence-corrected chi connectivity index (χ4v) is 2.94. The van der Waals surface area contributed by atoms with E-state index in [0.29, 0.717) is 5.52 Å². The highest BCUT2D eigenvalue weighted by molar-refractivity contribution is 5.95. The van der Waals surface area contributed by atoms with Crippen LogP contribution in [0.2, 0.25) is 0 Å². The summed E-state index contributed by atoms with van der Waals surface area (Å²) in [7, 11) is 0. The number of benzene rings is 1. The second kappa shape index (κ2) is 4.23. The first-order chi connectivity index (χ1) is 8.66. The van der Waals surface area contributed by atoms with Crippen molar-refractivity contribution in [1.82, 2.24) is 4.98 Å². The summed E-state index contributed by atoms with van der Waals surface area (Å²) < 4.78 is 13.5. The maximum atomic E-state index is 13.5. The number of pyridine rings is 1. The highest BCUT2D eigenvalue weighted by Gasteiger charge is 2.16. The van der Waals surface area contributed by atoms with Crippen molar-refractivity contribution in [2.75, 3.05) is 5.73 Å². The van der Waals surface area contributed by atoms with Crippen molar-refractivity contribution in [3.05, 3.63) is 34.8 Å². The van der Waals surface area contributed by atoms with Crippen LogP contribution in [0.5, 0.6) is 0 Å². The van der Waals surface area contributed by atoms with Crippen molar-refractivity contribution in [3.63, 3.8) is 0 Å². The standard InChI is InChI=1S/C15H17FN2/c1-9-7-10(16)8-13-14(9)15(17)11-5-3-2-4-6-12(11)18-13/h7-8H,2-6H2,1H3,(H2,17,18). The lowest BCUT2D eigenvalue weighted by Crippen LogP contribution is -2.04. The van der Waals surface area contributed by atoms with Crippen LogP contribution >= 0.6 is 0 Å². The van der Waals surface area contributed by atoms with E-state index >= 15 is 0 Å². The van der Waals surface area contributed by atoms with Gasteiger partial charge >= 0.3 is 0 Å². The number of fused-ring (bicyclic) bond motifs is 2. The molecule has 2 N–H and O–H groups in total. The highest BCUT2D eigenvalue weighted by atomic mass is 19.1. The number of nitrogens with two attached hydrogens (primary N) is 1. The molecule has 1 aliphatic rings. The molecule has 0 radical (unpaired) electrons. The zero-order valence-corrected chi connectivity index (χ0v) is 10.6. The van der Waals surface area contributed by atoms with Crippen molar-refractivity contribution in [2.45, 2.75) is 39.0 Å². The predicted octanol–water partition coefficient (Wildman–Crippen LogP) is 3.53. The Morgan fingerprint density at radius 2 is 1.94 bits per heavy atom. The van der Waals surface area contributed by atoms with Crippen LogP contribution in [0.1, 0.15) is 36.1 Å². The summed E-state index contributed by atoms with van der Waals surface area (Å²) >= 11 is 0. The third-order valence-electron chi connectivity index (χ3n) is 3.82. The Bertz CT molecular complexity index is 620. The number of anilines is 1. The summed E-state index contributed by atoms with van der Waals surface area (Å²) in [5.41, 5.74) is 10.9. The average Bonchev–Trinajstić information content (AvgIpc) is 2.53. The third-order valence-corrected chi connectivity index (χ3v) is 3.82. The molecule has 1 aliphatic carbocycles. The lowest BCUT2D eigenvalue weighted by atomic mass is 9.99. The van der Waals surface area contributed by atoms with Gasteiger partial charge in [-0.15, -0.1) is 0 Å². The normalized spacial score (nSPS) is 15.4. The fourth-order valence-electron chi connectivity index (χ4n) is 2.94. The van der Waals surface area contributed by atoms with E-state index in [9.17, 15) is 4.39 Å². The van der Waals surface area contributed by atoms with Crippen molar-refractivity contribution >= 4 is 16.6 Å². The maximum Gasteiger partial charge on any atom is 0.125 e. The fraction of sp³-hybridized carbons (Fsp3) is 0.400. The van der Waals surface area contributed by atoms with E-state index < -0.39 is 0 Å². The van der Waals surface area contributed by atoms with Crippen LogP contribution in [0.4, 0.5) is 10.1 Å². The zero-order chi connectivity index (χ0) is 12.7. The Morgan fingerprint density at radius 3 is 2.78 bits per heavy atom. The Balaban J connectivity index is 2.34. The molecule has 0 amide bonds. The van der Waals surface area contributed by atoms with Crippen LogP contribution in [-0.2, 0) is 12.8 Å². The molecule has 3 rings (SSSR count). The Labute approximate surface area is 106 Å². The molecule has 1 aromatic heterocycles. The van der Waals surface area contributed by atoms with Gasteiger partial charge in [0.1, 0.15) is 5.82 Å². The van der Waals surface area contributed by atoms with Gasteiger partial charge in [0, 0.05) is 22.8 Å². The minimum atomic E-state index is -0.236. The summed E-state index contributed by atoms with van der Waals surface area (Å²) in [6.45, 7) is 1.90. The molecule has 0 unspecified atom stereocenters. The minimum absolute atomic E-state index is 0.236. The quantitative estimate of drug-likeness (QED) is 0.720. The van der Waals surface area contributed by atoms with E-state index in [-0.39, 0.29) is 5.82 Å². The van der Waals surface area contributed by atoms with Crippen LogP contribution in [0.15, 0.2) is 12.1 Å². The summed E-state index contributed by atoms with van der Waals surface area (Å²) in [4.78, 5) is 4.64. The van der Waals surface area contributed by atoms with E-state index in [1.165, 1.54) is 30.5 Å². The molecule has 0 atom stereocenters. The number of hydrogen-bond donors (Lipinski definition) is 1. The van der Waals surface area contributed by atoms with Crippen molar-refractivity contribution in [3.8, 4) is 0 Å². The lowest BCUT2D eigenvalue weighted by Gasteiger charge is -2.13. The van der Waals surface area contributed by atoms with Gasteiger partial charge in [-0.05, 0) is 49.8 Å². The second-order valence-corrected chi connectivity index (χ2v) is 5.13. The molecule has 0 fully saturated rings. The number of halogens is 1. The molecule has 0 saturated heterocycles. The molecule has 1 heterocycles. The van der Waals surface area contributed by atoms with Crippen LogP contribution in [-0.4, -0.2) is 4.98 Å². The van der Waals surface area contributed by atoms with Crippen LogP contribution in [0, 0.1) is 12.7 Å². The average molecular weight is 244 g/mol. The van der Waals surface area contributed by atoms with Crippen molar-refractivity contribution in [1.29, 1.82) is 0 Å². The topological polar surface area (TPSA) is 38.9 Å². The van der Waals surface area contributed by atoms with Gasteiger partial charge in [-0.1, -0.05) is 6.42 Å². The summed E-state index contributed by atoms with van der Waals surface area (Å²) in [5, 5.41) is 0.928. The predicted molar refractivity (Wildman–Crippen MR) is 72.1 cm³/mol. The molecule has 18 heavy (non-hydrogen) atoms. The SMILES string of the molecule is Cc1cc(F)cc2nc3c(c(N)c12)CCCCC3. The van der Waals surface area contributed by atoms with Gasteiger partial charge < -0.3 is 5.73 Å². The Morgan fingerprint density at radius 1 is 1.17 bits per heavy atom. The van der Waals surface area contributed by atoms with Crippen LogP contribution < -0.4 is 5.73 Å². The van der Waals surface area contributed by atoms with Gasteiger partial charge in [-0.3, -0.25) is 4.98 Å². The molecule has 1 aromatic carbocycles. The van der Waals surface area contributed by atoms with Gasteiger partial charge in [0.15, 0.2) is 0 Å². The highest BCUT2D eigenvalue weighted by Crippen LogP contribution is 2.32. The summed E-state index contributed by atoms with van der Waals surface area (Å²) in [5.74, 6) is -0.236. The first kappa shape index (κ1) is 11.5. The van der Waals surface area contributed by atoms with Gasteiger partial charge in [0.05, 0.1) is 5.52 Å². The van der Waals surface area contributed by atoms with Gasteiger partial charge in [0.2, 0.25) is 0 Å². The number of nitrogen functional groups attached to an aromatic ring is 1. The number of rotatable bonds is 0. The van der Waals surface area contributed by atoms with Gasteiger partial charge in [0.25, 0.3) is 0 Å². The molecule has 94 valence electrons. The smallest absolute Gasteiger partial charge is 0.125 e. The minimum Gasteiger partial charge on any atom is -0.398 e. The Kier molecular flexibility index (Phi) is 2.69. The molecule has 0 saturated carbocycles. The number of aryl methyl sites for hydroxylation is 2. The molecule has 0 aliphatic heterocycles. The van der Waals surface area contributed by atoms with E-state index in [1.807, 2.05) is 6.92 Å². The molecule has 0 spiro atoms. The summed E-state index contributed by atoms with van der Waals surface area (Å²) in [6, 6.07) is 3.02. The maximum absolute atomic E-state index is 13.5. The molecule has 2 nitrogen and oxygen atoms in total. The molecule has 3 heteroatoms. The molecule has 2 aromatic rings. The monoisotopic (exact) mass is 244 g/mol. The van der Waals surface area contributed by atoms with Crippen molar-refractivity contribution in [2.24, 2.45) is 0 Å². The number of hydrogen-bond acceptors (Lipinski definition) is 2. The van der Waals surface area contributed by atoms with E-state index in [2.05, 4.69) is 4.98 Å². The number of nitrogens with zero attached hydrogens (tertiary/aromatic N) is 1. The van der Waals surface area contributed by atoms with Crippen LogP contribution in [0.3, 0.4) is 0 Å². The van der Waals surface area contributed by atoms with E-state index in [1.54, 1.807) is 0 Å².